The second kappa shape index (κ2) is 7.12. The van der Waals surface area contributed by atoms with Crippen LogP contribution in [0.2, 0.25) is 0 Å². The number of hydrogen-bond acceptors (Lipinski definition) is 4. The number of rotatable bonds is 5. The summed E-state index contributed by atoms with van der Waals surface area (Å²) in [7, 11) is 0. The summed E-state index contributed by atoms with van der Waals surface area (Å²) in [5.74, 6) is -1.18. The van der Waals surface area contributed by atoms with E-state index in [9.17, 15) is 14.4 Å². The maximum Gasteiger partial charge on any atom is 0.338 e. The fraction of sp³-hybridized carbons (Fsp3) is 0.286. The van der Waals surface area contributed by atoms with Gasteiger partial charge in [-0.1, -0.05) is 36.8 Å². The van der Waals surface area contributed by atoms with Crippen molar-refractivity contribution in [2.45, 2.75) is 39.8 Å². The van der Waals surface area contributed by atoms with Crippen LogP contribution in [0, 0.1) is 6.92 Å². The fourth-order valence-corrected chi connectivity index (χ4v) is 2.89. The average Bonchev–Trinajstić information content (AvgIpc) is 2.90. The maximum atomic E-state index is 12.5. The summed E-state index contributed by atoms with van der Waals surface area (Å²) >= 11 is 0. The van der Waals surface area contributed by atoms with Gasteiger partial charge >= 0.3 is 5.97 Å². The molecular formula is C21H21NO4. The monoisotopic (exact) mass is 351 g/mol. The Morgan fingerprint density at radius 3 is 2.35 bits per heavy atom. The van der Waals surface area contributed by atoms with Gasteiger partial charge in [0, 0.05) is 6.04 Å². The van der Waals surface area contributed by atoms with Gasteiger partial charge in [-0.3, -0.25) is 14.5 Å². The molecule has 0 N–H and O–H groups in total. The molecule has 1 aliphatic heterocycles. The lowest BCUT2D eigenvalue weighted by atomic mass is 10.1. The van der Waals surface area contributed by atoms with Crippen molar-refractivity contribution in [2.75, 3.05) is 0 Å². The second-order valence-electron chi connectivity index (χ2n) is 6.56. The molecule has 2 aromatic rings. The van der Waals surface area contributed by atoms with Crippen LogP contribution in [-0.2, 0) is 11.3 Å². The third-order valence-corrected chi connectivity index (χ3v) is 4.68. The predicted octanol–water partition coefficient (Wildman–Crippen LogP) is 3.75. The lowest BCUT2D eigenvalue weighted by Crippen LogP contribution is -2.37. The summed E-state index contributed by atoms with van der Waals surface area (Å²) < 4.78 is 5.32. The van der Waals surface area contributed by atoms with E-state index in [4.69, 9.17) is 4.74 Å². The Balaban J connectivity index is 1.76. The molecular weight excluding hydrogens is 330 g/mol. The van der Waals surface area contributed by atoms with Gasteiger partial charge in [-0.25, -0.2) is 4.79 Å². The first-order valence-corrected chi connectivity index (χ1v) is 8.67. The molecule has 1 atom stereocenters. The van der Waals surface area contributed by atoms with Gasteiger partial charge in [0.25, 0.3) is 11.8 Å². The number of fused-ring (bicyclic) bond motifs is 1. The largest absolute Gasteiger partial charge is 0.457 e. The van der Waals surface area contributed by atoms with Crippen LogP contribution in [-0.4, -0.2) is 28.7 Å². The highest BCUT2D eigenvalue weighted by Crippen LogP contribution is 2.27. The van der Waals surface area contributed by atoms with Crippen LogP contribution in [0.5, 0.6) is 0 Å². The quantitative estimate of drug-likeness (QED) is 0.608. The van der Waals surface area contributed by atoms with Crippen molar-refractivity contribution in [2.24, 2.45) is 0 Å². The van der Waals surface area contributed by atoms with Crippen LogP contribution < -0.4 is 0 Å². The van der Waals surface area contributed by atoms with Crippen molar-refractivity contribution in [3.63, 3.8) is 0 Å². The molecule has 0 saturated heterocycles. The van der Waals surface area contributed by atoms with E-state index in [-0.39, 0.29) is 35.6 Å². The Bertz CT molecular complexity index is 870. The van der Waals surface area contributed by atoms with Crippen LogP contribution >= 0.6 is 0 Å². The van der Waals surface area contributed by atoms with E-state index in [1.807, 2.05) is 45.0 Å². The lowest BCUT2D eigenvalue weighted by molar-refractivity contribution is 0.0472. The minimum atomic E-state index is -0.518. The topological polar surface area (TPSA) is 63.7 Å². The molecule has 1 heterocycles. The number of esters is 1. The number of imide groups is 1. The molecule has 0 fully saturated rings. The number of aryl methyl sites for hydroxylation is 1. The Labute approximate surface area is 152 Å². The molecule has 3 rings (SSSR count). The molecule has 134 valence electrons. The minimum Gasteiger partial charge on any atom is -0.457 e. The average molecular weight is 351 g/mol. The molecule has 0 radical (unpaired) electrons. The fourth-order valence-electron chi connectivity index (χ4n) is 2.89. The van der Waals surface area contributed by atoms with Crippen LogP contribution in [0.3, 0.4) is 0 Å². The van der Waals surface area contributed by atoms with Crippen molar-refractivity contribution < 1.29 is 19.1 Å². The van der Waals surface area contributed by atoms with E-state index in [0.717, 1.165) is 11.1 Å². The van der Waals surface area contributed by atoms with E-state index < -0.39 is 5.97 Å². The Hall–Kier alpha value is -2.95. The molecule has 26 heavy (non-hydrogen) atoms. The summed E-state index contributed by atoms with van der Waals surface area (Å²) in [6.07, 6.45) is 0.677. The van der Waals surface area contributed by atoms with Crippen molar-refractivity contribution in [3.05, 3.63) is 70.3 Å². The van der Waals surface area contributed by atoms with Gasteiger partial charge in [0.15, 0.2) is 0 Å². The summed E-state index contributed by atoms with van der Waals surface area (Å²) in [6.45, 7) is 5.89. The van der Waals surface area contributed by atoms with Crippen LogP contribution in [0.15, 0.2) is 42.5 Å². The molecule has 5 heteroatoms. The van der Waals surface area contributed by atoms with Crippen LogP contribution in [0.1, 0.15) is 62.5 Å². The molecule has 0 aliphatic carbocycles. The third kappa shape index (κ3) is 3.25. The van der Waals surface area contributed by atoms with E-state index in [1.54, 1.807) is 0 Å². The second-order valence-corrected chi connectivity index (χ2v) is 6.56. The summed E-state index contributed by atoms with van der Waals surface area (Å²) in [5.41, 5.74) is 2.89. The number of carbonyl (C=O) groups is 3. The van der Waals surface area contributed by atoms with E-state index in [1.165, 1.54) is 23.1 Å². The predicted molar refractivity (Wildman–Crippen MR) is 97.0 cm³/mol. The number of benzene rings is 2. The molecule has 1 unspecified atom stereocenters. The normalized spacial score (nSPS) is 14.3. The number of amides is 2. The van der Waals surface area contributed by atoms with Gasteiger partial charge in [-0.15, -0.1) is 0 Å². The van der Waals surface area contributed by atoms with Crippen LogP contribution in [0.4, 0.5) is 0 Å². The van der Waals surface area contributed by atoms with E-state index in [2.05, 4.69) is 0 Å². The third-order valence-electron chi connectivity index (χ3n) is 4.68. The summed E-state index contributed by atoms with van der Waals surface area (Å²) in [4.78, 5) is 38.5. The first-order chi connectivity index (χ1) is 12.4. The zero-order valence-corrected chi connectivity index (χ0v) is 15.1. The lowest BCUT2D eigenvalue weighted by Gasteiger charge is -2.20. The number of carbonyl (C=O) groups excluding carboxylic acids is 3. The van der Waals surface area contributed by atoms with E-state index >= 15 is 0 Å². The summed E-state index contributed by atoms with van der Waals surface area (Å²) in [5, 5.41) is 0. The summed E-state index contributed by atoms with van der Waals surface area (Å²) in [6, 6.07) is 12.0. The molecule has 2 amide bonds. The molecule has 0 bridgehead atoms. The highest BCUT2D eigenvalue weighted by molar-refractivity contribution is 6.22. The van der Waals surface area contributed by atoms with Gasteiger partial charge in [-0.2, -0.15) is 0 Å². The smallest absolute Gasteiger partial charge is 0.338 e. The van der Waals surface area contributed by atoms with Crippen molar-refractivity contribution in [1.29, 1.82) is 0 Å². The zero-order chi connectivity index (χ0) is 18.8. The van der Waals surface area contributed by atoms with Gasteiger partial charge in [0.05, 0.1) is 16.7 Å². The Morgan fingerprint density at radius 2 is 1.69 bits per heavy atom. The first kappa shape index (κ1) is 17.9. The van der Waals surface area contributed by atoms with Crippen molar-refractivity contribution in [3.8, 4) is 0 Å². The molecule has 5 nitrogen and oxygen atoms in total. The molecule has 0 spiro atoms. The zero-order valence-electron chi connectivity index (χ0n) is 15.1. The molecule has 0 saturated carbocycles. The Kier molecular flexibility index (Phi) is 4.89. The van der Waals surface area contributed by atoms with Crippen LogP contribution in [0.25, 0.3) is 0 Å². The standard InChI is InChI=1S/C21H21NO4/c1-4-14(3)22-19(23)17-10-9-16(11-18(17)20(22)24)21(25)26-12-15-7-5-13(2)6-8-15/h5-11,14H,4,12H2,1-3H3. The van der Waals surface area contributed by atoms with E-state index in [0.29, 0.717) is 12.0 Å². The minimum absolute atomic E-state index is 0.155. The van der Waals surface area contributed by atoms with Gasteiger partial charge < -0.3 is 4.74 Å². The maximum absolute atomic E-state index is 12.5. The van der Waals surface area contributed by atoms with Gasteiger partial charge in [0.2, 0.25) is 0 Å². The van der Waals surface area contributed by atoms with Crippen molar-refractivity contribution in [1.82, 2.24) is 4.90 Å². The Morgan fingerprint density at radius 1 is 1.04 bits per heavy atom. The molecule has 2 aromatic carbocycles. The molecule has 0 aromatic heterocycles. The van der Waals surface area contributed by atoms with Gasteiger partial charge in [-0.05, 0) is 44.0 Å². The number of nitrogens with zero attached hydrogens (tertiary/aromatic N) is 1. The van der Waals surface area contributed by atoms with Gasteiger partial charge in [0.1, 0.15) is 6.61 Å². The highest BCUT2D eigenvalue weighted by atomic mass is 16.5. The number of ether oxygens (including phenoxy) is 1. The highest BCUT2D eigenvalue weighted by Gasteiger charge is 2.38. The first-order valence-electron chi connectivity index (χ1n) is 8.67. The SMILES string of the molecule is CCC(C)N1C(=O)c2ccc(C(=O)OCc3ccc(C)cc3)cc2C1=O. The van der Waals surface area contributed by atoms with Crippen molar-refractivity contribution >= 4 is 17.8 Å². The number of hydrogen-bond donors (Lipinski definition) is 0. The molecule has 1 aliphatic rings.